The molecule has 2 heteroatoms. The lowest BCUT2D eigenvalue weighted by Gasteiger charge is -2.07. The lowest BCUT2D eigenvalue weighted by atomic mass is 9.97. The zero-order valence-electron chi connectivity index (χ0n) is 17.2. The van der Waals surface area contributed by atoms with Crippen molar-refractivity contribution in [1.29, 1.82) is 0 Å². The van der Waals surface area contributed by atoms with Crippen LogP contribution in [0.25, 0.3) is 51.5 Å². The van der Waals surface area contributed by atoms with Gasteiger partial charge in [-0.2, -0.15) is 0 Å². The molecule has 4 aromatic carbocycles. The molecule has 0 saturated heterocycles. The minimum Gasteiger partial charge on any atom is -0.135 e. The van der Waals surface area contributed by atoms with Gasteiger partial charge in [-0.1, -0.05) is 31.2 Å². The van der Waals surface area contributed by atoms with E-state index in [1.165, 1.54) is 73.7 Å². The first kappa shape index (κ1) is 17.0. The number of thiophene rings is 2. The van der Waals surface area contributed by atoms with Crippen LogP contribution >= 0.6 is 22.7 Å². The van der Waals surface area contributed by atoms with Crippen molar-refractivity contribution in [2.75, 3.05) is 0 Å². The average molecular weight is 421 g/mol. The van der Waals surface area contributed by atoms with E-state index in [-0.39, 0.29) is 0 Å². The van der Waals surface area contributed by atoms with E-state index in [0.29, 0.717) is 5.92 Å². The Kier molecular flexibility index (Phi) is 3.25. The molecule has 0 unspecified atom stereocenters. The van der Waals surface area contributed by atoms with E-state index in [1.807, 2.05) is 22.7 Å². The van der Waals surface area contributed by atoms with Gasteiger partial charge in [0.25, 0.3) is 0 Å². The summed E-state index contributed by atoms with van der Waals surface area (Å²) < 4.78 is 5.61. The number of fused-ring (bicyclic) bond motifs is 9. The van der Waals surface area contributed by atoms with Crippen LogP contribution in [0.2, 0.25) is 0 Å². The summed E-state index contributed by atoms with van der Waals surface area (Å²) >= 11 is 3.86. The first-order valence-electron chi connectivity index (χ1n) is 10.5. The molecule has 0 N–H and O–H groups in total. The minimum atomic E-state index is 0.435. The summed E-state index contributed by atoms with van der Waals surface area (Å²) in [5.41, 5.74) is 8.50. The first-order chi connectivity index (χ1) is 14.6. The van der Waals surface area contributed by atoms with E-state index in [4.69, 9.17) is 0 Å². The van der Waals surface area contributed by atoms with Gasteiger partial charge in [0.1, 0.15) is 0 Å². The lowest BCUT2D eigenvalue weighted by Crippen LogP contribution is -1.89. The summed E-state index contributed by atoms with van der Waals surface area (Å²) in [7, 11) is 0. The average Bonchev–Trinajstić information content (AvgIpc) is 3.34. The van der Waals surface area contributed by atoms with Crippen LogP contribution in [0, 0.1) is 13.8 Å². The maximum absolute atomic E-state index is 2.47. The highest BCUT2D eigenvalue weighted by Crippen LogP contribution is 2.51. The fourth-order valence-corrected chi connectivity index (χ4v) is 7.69. The fraction of sp³-hybridized carbons (Fsp3) is 0.143. The summed E-state index contributed by atoms with van der Waals surface area (Å²) in [4.78, 5) is 0. The maximum atomic E-state index is 2.47. The molecule has 0 saturated carbocycles. The third-order valence-electron chi connectivity index (χ3n) is 6.82. The SMILES string of the molecule is Cc1ccc2c(c1)sc1cc3c(cc12)C(C)c1cc2c(cc1-3)sc1cc(C)ccc12. The maximum Gasteiger partial charge on any atom is 0.0361 e. The van der Waals surface area contributed by atoms with Gasteiger partial charge in [-0.25, -0.2) is 0 Å². The van der Waals surface area contributed by atoms with Crippen LogP contribution in [-0.2, 0) is 0 Å². The second-order valence-electron chi connectivity index (χ2n) is 8.80. The van der Waals surface area contributed by atoms with Crippen molar-refractivity contribution in [2.45, 2.75) is 26.7 Å². The quantitative estimate of drug-likeness (QED) is 0.230. The number of aryl methyl sites for hydroxylation is 2. The largest absolute Gasteiger partial charge is 0.135 e. The van der Waals surface area contributed by atoms with Crippen molar-refractivity contribution in [1.82, 2.24) is 0 Å². The van der Waals surface area contributed by atoms with E-state index in [1.54, 1.807) is 0 Å². The Morgan fingerprint density at radius 3 is 1.43 bits per heavy atom. The van der Waals surface area contributed by atoms with Crippen molar-refractivity contribution in [3.8, 4) is 11.1 Å². The molecular weight excluding hydrogens is 400 g/mol. The zero-order chi connectivity index (χ0) is 20.1. The predicted octanol–water partition coefficient (Wildman–Crippen LogP) is 9.17. The Hall–Kier alpha value is -2.68. The van der Waals surface area contributed by atoms with Gasteiger partial charge < -0.3 is 0 Å². The van der Waals surface area contributed by atoms with Gasteiger partial charge in [0.2, 0.25) is 0 Å². The zero-order valence-corrected chi connectivity index (χ0v) is 18.8. The molecular formula is C28H20S2. The van der Waals surface area contributed by atoms with Crippen molar-refractivity contribution in [2.24, 2.45) is 0 Å². The lowest BCUT2D eigenvalue weighted by molar-refractivity contribution is 0.961. The molecule has 7 rings (SSSR count). The van der Waals surface area contributed by atoms with E-state index >= 15 is 0 Å². The monoisotopic (exact) mass is 420 g/mol. The number of hydrogen-bond donors (Lipinski definition) is 0. The molecule has 0 aliphatic heterocycles. The Morgan fingerprint density at radius 2 is 0.967 bits per heavy atom. The molecule has 0 radical (unpaired) electrons. The van der Waals surface area contributed by atoms with Crippen molar-refractivity contribution in [3.05, 3.63) is 82.9 Å². The molecule has 2 heterocycles. The van der Waals surface area contributed by atoms with Crippen LogP contribution in [0.5, 0.6) is 0 Å². The summed E-state index contributed by atoms with van der Waals surface area (Å²) in [6.07, 6.45) is 0. The smallest absolute Gasteiger partial charge is 0.0361 e. The number of hydrogen-bond acceptors (Lipinski definition) is 2. The molecule has 1 aliphatic carbocycles. The molecule has 6 aromatic rings. The van der Waals surface area contributed by atoms with Crippen molar-refractivity contribution < 1.29 is 0 Å². The Morgan fingerprint density at radius 1 is 0.533 bits per heavy atom. The first-order valence-corrected chi connectivity index (χ1v) is 12.1. The van der Waals surface area contributed by atoms with E-state index in [9.17, 15) is 0 Å². The van der Waals surface area contributed by atoms with Crippen LogP contribution in [0.3, 0.4) is 0 Å². The third kappa shape index (κ3) is 2.16. The van der Waals surface area contributed by atoms with Crippen molar-refractivity contribution >= 4 is 63.0 Å². The minimum absolute atomic E-state index is 0.435. The van der Waals surface area contributed by atoms with E-state index < -0.39 is 0 Å². The fourth-order valence-electron chi connectivity index (χ4n) is 5.24. The molecule has 0 spiro atoms. The predicted molar refractivity (Wildman–Crippen MR) is 135 cm³/mol. The molecule has 0 bridgehead atoms. The molecule has 30 heavy (non-hydrogen) atoms. The van der Waals surface area contributed by atoms with Gasteiger partial charge >= 0.3 is 0 Å². The van der Waals surface area contributed by atoms with Crippen molar-refractivity contribution in [3.63, 3.8) is 0 Å². The van der Waals surface area contributed by atoms with Crippen LogP contribution in [0.4, 0.5) is 0 Å². The Bertz CT molecular complexity index is 1550. The second kappa shape index (κ2) is 5.72. The van der Waals surface area contributed by atoms with E-state index in [2.05, 4.69) is 81.4 Å². The second-order valence-corrected chi connectivity index (χ2v) is 11.0. The Balaban J connectivity index is 1.53. The highest BCUT2D eigenvalue weighted by atomic mass is 32.1. The van der Waals surface area contributed by atoms with Gasteiger partial charge in [-0.3, -0.25) is 0 Å². The van der Waals surface area contributed by atoms with Gasteiger partial charge in [-0.05, 0) is 83.6 Å². The number of benzene rings is 4. The topological polar surface area (TPSA) is 0 Å². The van der Waals surface area contributed by atoms with Crippen LogP contribution in [0.15, 0.2) is 60.7 Å². The normalized spacial score (nSPS) is 13.7. The van der Waals surface area contributed by atoms with Crippen LogP contribution in [-0.4, -0.2) is 0 Å². The molecule has 0 atom stereocenters. The summed E-state index contributed by atoms with van der Waals surface area (Å²) in [5, 5.41) is 5.62. The summed E-state index contributed by atoms with van der Waals surface area (Å²) in [5.74, 6) is 0.435. The molecule has 1 aliphatic rings. The highest BCUT2D eigenvalue weighted by Gasteiger charge is 2.28. The van der Waals surface area contributed by atoms with Gasteiger partial charge in [0, 0.05) is 46.3 Å². The molecule has 0 nitrogen and oxygen atoms in total. The Labute approximate surface area is 183 Å². The van der Waals surface area contributed by atoms with Crippen LogP contribution in [0.1, 0.15) is 35.1 Å². The van der Waals surface area contributed by atoms with Gasteiger partial charge in [0.05, 0.1) is 0 Å². The highest BCUT2D eigenvalue weighted by molar-refractivity contribution is 7.26. The third-order valence-corrected chi connectivity index (χ3v) is 9.05. The standard InChI is InChI=1S/C28H20S2/c1-14-4-6-17-23-10-19-16(3)20-11-24-18-7-5-15(2)9-26(18)30-28(24)13-22(20)21(19)12-27(23)29-25(17)8-14/h4-13,16H,1-3H3. The van der Waals surface area contributed by atoms with Gasteiger partial charge in [-0.15, -0.1) is 22.7 Å². The van der Waals surface area contributed by atoms with E-state index in [0.717, 1.165) is 0 Å². The molecule has 0 amide bonds. The summed E-state index contributed by atoms with van der Waals surface area (Å²) in [6.45, 7) is 6.74. The van der Waals surface area contributed by atoms with Gasteiger partial charge in [0.15, 0.2) is 0 Å². The molecule has 0 fully saturated rings. The molecule has 2 aromatic heterocycles. The summed E-state index contributed by atoms with van der Waals surface area (Å²) in [6, 6.07) is 23.6. The van der Waals surface area contributed by atoms with Crippen LogP contribution < -0.4 is 0 Å². The number of rotatable bonds is 0. The molecule has 144 valence electrons.